The maximum absolute atomic E-state index is 13.5. The first-order valence-corrected chi connectivity index (χ1v) is 8.00. The monoisotopic (exact) mass is 333 g/mol. The third-order valence-corrected chi connectivity index (χ3v) is 3.78. The molecule has 0 aliphatic carbocycles. The van der Waals surface area contributed by atoms with Gasteiger partial charge in [-0.2, -0.15) is 0 Å². The van der Waals surface area contributed by atoms with E-state index in [0.717, 1.165) is 23.8 Å². The number of aliphatic hydroxyl groups is 1. The van der Waals surface area contributed by atoms with E-state index in [-0.39, 0.29) is 17.9 Å². The maximum Gasteiger partial charge on any atom is 0.220 e. The number of hydrogen-bond acceptors (Lipinski definition) is 2. The lowest BCUT2D eigenvalue weighted by Crippen LogP contribution is -2.25. The molecule has 0 aliphatic heterocycles. The minimum atomic E-state index is -0.618. The fraction of sp³-hybridized carbons (Fsp3) is 0.316. The summed E-state index contributed by atoms with van der Waals surface area (Å²) in [5.41, 5.74) is 1.09. The van der Waals surface area contributed by atoms with Gasteiger partial charge in [-0.1, -0.05) is 30.3 Å². The van der Waals surface area contributed by atoms with Crippen LogP contribution >= 0.6 is 0 Å². The van der Waals surface area contributed by atoms with Gasteiger partial charge in [0.25, 0.3) is 0 Å². The highest BCUT2D eigenvalue weighted by molar-refractivity contribution is 5.75. The quantitative estimate of drug-likeness (QED) is 0.776. The molecule has 5 heteroatoms. The minimum absolute atomic E-state index is 0.160. The summed E-state index contributed by atoms with van der Waals surface area (Å²) in [6, 6.07) is 12.6. The van der Waals surface area contributed by atoms with Gasteiger partial charge in [0.1, 0.15) is 11.6 Å². The Morgan fingerprint density at radius 2 is 1.88 bits per heavy atom. The summed E-state index contributed by atoms with van der Waals surface area (Å²) in [5, 5.41) is 12.7. The van der Waals surface area contributed by atoms with E-state index in [4.69, 9.17) is 0 Å². The standard InChI is InChI=1S/C19H21F2NO2/c20-16-9-10-17(21)15(13-16)7-4-8-19(24)22-12-11-18(23)14-5-2-1-3-6-14/h1-3,5-6,9-10,13,18,23H,4,7-8,11-12H2,(H,22,24). The topological polar surface area (TPSA) is 49.3 Å². The third kappa shape index (κ3) is 5.74. The van der Waals surface area contributed by atoms with Crippen LogP contribution in [-0.4, -0.2) is 17.6 Å². The number of nitrogens with one attached hydrogen (secondary N) is 1. The molecule has 0 spiro atoms. The Morgan fingerprint density at radius 1 is 1.12 bits per heavy atom. The molecule has 128 valence electrons. The van der Waals surface area contributed by atoms with E-state index in [9.17, 15) is 18.7 Å². The fourth-order valence-corrected chi connectivity index (χ4v) is 2.45. The van der Waals surface area contributed by atoms with E-state index in [1.54, 1.807) is 0 Å². The molecule has 0 radical (unpaired) electrons. The molecule has 0 saturated heterocycles. The SMILES string of the molecule is O=C(CCCc1cc(F)ccc1F)NCCC(O)c1ccccc1. The van der Waals surface area contributed by atoms with Crippen molar-refractivity contribution in [1.29, 1.82) is 0 Å². The molecular formula is C19H21F2NO2. The van der Waals surface area contributed by atoms with Crippen molar-refractivity contribution in [2.24, 2.45) is 0 Å². The lowest BCUT2D eigenvalue weighted by Gasteiger charge is -2.11. The Labute approximate surface area is 140 Å². The summed E-state index contributed by atoms with van der Waals surface area (Å²) >= 11 is 0. The van der Waals surface area contributed by atoms with Gasteiger partial charge in [-0.3, -0.25) is 4.79 Å². The molecule has 0 bridgehead atoms. The van der Waals surface area contributed by atoms with E-state index in [0.29, 0.717) is 25.8 Å². The van der Waals surface area contributed by atoms with Crippen LogP contribution in [0.3, 0.4) is 0 Å². The average molecular weight is 333 g/mol. The van der Waals surface area contributed by atoms with Crippen LogP contribution in [0, 0.1) is 11.6 Å². The molecule has 0 saturated carbocycles. The normalized spacial score (nSPS) is 12.0. The zero-order chi connectivity index (χ0) is 17.4. The lowest BCUT2D eigenvalue weighted by atomic mass is 10.1. The molecule has 0 aromatic heterocycles. The maximum atomic E-state index is 13.5. The van der Waals surface area contributed by atoms with Gasteiger partial charge in [-0.05, 0) is 48.6 Å². The number of aryl methyl sites for hydroxylation is 1. The highest BCUT2D eigenvalue weighted by atomic mass is 19.1. The van der Waals surface area contributed by atoms with Gasteiger partial charge in [0.15, 0.2) is 0 Å². The van der Waals surface area contributed by atoms with Crippen molar-refractivity contribution in [3.63, 3.8) is 0 Å². The van der Waals surface area contributed by atoms with Crippen LogP contribution < -0.4 is 5.32 Å². The average Bonchev–Trinajstić information content (AvgIpc) is 2.58. The van der Waals surface area contributed by atoms with Gasteiger partial charge >= 0.3 is 0 Å². The van der Waals surface area contributed by atoms with Crippen molar-refractivity contribution in [2.45, 2.75) is 31.8 Å². The number of hydrogen-bond donors (Lipinski definition) is 2. The number of amides is 1. The second-order valence-electron chi connectivity index (χ2n) is 5.65. The first kappa shape index (κ1) is 18.1. The van der Waals surface area contributed by atoms with Gasteiger partial charge in [-0.15, -0.1) is 0 Å². The van der Waals surface area contributed by atoms with Gasteiger partial charge < -0.3 is 10.4 Å². The van der Waals surface area contributed by atoms with Gasteiger partial charge in [0, 0.05) is 13.0 Å². The van der Waals surface area contributed by atoms with E-state index in [1.165, 1.54) is 0 Å². The largest absolute Gasteiger partial charge is 0.388 e. The van der Waals surface area contributed by atoms with E-state index >= 15 is 0 Å². The summed E-state index contributed by atoms with van der Waals surface area (Å²) < 4.78 is 26.5. The van der Waals surface area contributed by atoms with Gasteiger partial charge in [0.05, 0.1) is 6.10 Å². The molecule has 2 rings (SSSR count). The fourth-order valence-electron chi connectivity index (χ4n) is 2.45. The number of halogens is 2. The molecule has 0 fully saturated rings. The van der Waals surface area contributed by atoms with Crippen LogP contribution in [0.4, 0.5) is 8.78 Å². The van der Waals surface area contributed by atoms with Crippen molar-refractivity contribution in [3.05, 3.63) is 71.3 Å². The summed E-state index contributed by atoms with van der Waals surface area (Å²) in [5.74, 6) is -1.10. The minimum Gasteiger partial charge on any atom is -0.388 e. The summed E-state index contributed by atoms with van der Waals surface area (Å²) in [6.45, 7) is 0.364. The smallest absolute Gasteiger partial charge is 0.220 e. The van der Waals surface area contributed by atoms with Crippen molar-refractivity contribution in [2.75, 3.05) is 6.54 Å². The van der Waals surface area contributed by atoms with Crippen LogP contribution in [0.2, 0.25) is 0 Å². The third-order valence-electron chi connectivity index (χ3n) is 3.78. The number of aliphatic hydroxyl groups excluding tert-OH is 1. The van der Waals surface area contributed by atoms with Crippen molar-refractivity contribution >= 4 is 5.91 Å². The molecule has 1 unspecified atom stereocenters. The van der Waals surface area contributed by atoms with Crippen LogP contribution in [0.15, 0.2) is 48.5 Å². The zero-order valence-corrected chi connectivity index (χ0v) is 13.3. The van der Waals surface area contributed by atoms with Crippen LogP contribution in [-0.2, 0) is 11.2 Å². The molecule has 3 nitrogen and oxygen atoms in total. The number of carbonyl (C=O) groups is 1. The Balaban J connectivity index is 1.66. The molecule has 24 heavy (non-hydrogen) atoms. The summed E-state index contributed by atoms with van der Waals surface area (Å²) in [7, 11) is 0. The predicted molar refractivity (Wildman–Crippen MR) is 88.3 cm³/mol. The number of rotatable bonds is 8. The number of benzene rings is 2. The van der Waals surface area contributed by atoms with Crippen molar-refractivity contribution in [3.8, 4) is 0 Å². The molecule has 1 amide bonds. The van der Waals surface area contributed by atoms with Crippen molar-refractivity contribution in [1.82, 2.24) is 5.32 Å². The predicted octanol–water partition coefficient (Wildman–Crippen LogP) is 3.53. The molecule has 0 heterocycles. The Kier molecular flexibility index (Phi) is 6.88. The zero-order valence-electron chi connectivity index (χ0n) is 13.3. The lowest BCUT2D eigenvalue weighted by molar-refractivity contribution is -0.121. The molecular weight excluding hydrogens is 312 g/mol. The van der Waals surface area contributed by atoms with Gasteiger partial charge in [-0.25, -0.2) is 8.78 Å². The summed E-state index contributed by atoms with van der Waals surface area (Å²) in [6.07, 6.45) is 0.788. The highest BCUT2D eigenvalue weighted by Crippen LogP contribution is 2.15. The molecule has 2 N–H and O–H groups in total. The Morgan fingerprint density at radius 3 is 2.62 bits per heavy atom. The second kappa shape index (κ2) is 9.13. The van der Waals surface area contributed by atoms with Crippen LogP contribution in [0.1, 0.15) is 36.5 Å². The van der Waals surface area contributed by atoms with E-state index < -0.39 is 17.7 Å². The second-order valence-corrected chi connectivity index (χ2v) is 5.65. The molecule has 2 aromatic rings. The van der Waals surface area contributed by atoms with Crippen molar-refractivity contribution < 1.29 is 18.7 Å². The Bertz CT molecular complexity index is 662. The van der Waals surface area contributed by atoms with E-state index in [1.807, 2.05) is 30.3 Å². The van der Waals surface area contributed by atoms with Crippen LogP contribution in [0.25, 0.3) is 0 Å². The Hall–Kier alpha value is -2.27. The molecule has 0 aliphatic rings. The highest BCUT2D eigenvalue weighted by Gasteiger charge is 2.09. The molecule has 2 aromatic carbocycles. The molecule has 1 atom stereocenters. The summed E-state index contributed by atoms with van der Waals surface area (Å²) in [4.78, 5) is 11.7. The first-order chi connectivity index (χ1) is 11.6. The van der Waals surface area contributed by atoms with Crippen LogP contribution in [0.5, 0.6) is 0 Å². The number of carbonyl (C=O) groups excluding carboxylic acids is 1. The first-order valence-electron chi connectivity index (χ1n) is 8.00. The van der Waals surface area contributed by atoms with Gasteiger partial charge in [0.2, 0.25) is 5.91 Å². The van der Waals surface area contributed by atoms with E-state index in [2.05, 4.69) is 5.32 Å².